The number of ether oxygens (including phenoxy) is 10. The van der Waals surface area contributed by atoms with Gasteiger partial charge in [0.05, 0.1) is 90.7 Å². The lowest BCUT2D eigenvalue weighted by Crippen LogP contribution is -2.43. The second-order valence-corrected chi connectivity index (χ2v) is 16.9. The smallest absolute Gasteiger partial charge is 0.487 e. The highest BCUT2D eigenvalue weighted by Crippen LogP contribution is 2.42. The number of nitrogens with one attached hydrogen (secondary N) is 1. The predicted octanol–water partition coefficient (Wildman–Crippen LogP) is 5.04. The van der Waals surface area contributed by atoms with Gasteiger partial charge >= 0.3 is 8.80 Å². The van der Waals surface area contributed by atoms with Gasteiger partial charge in [0.2, 0.25) is 11.8 Å². The van der Waals surface area contributed by atoms with E-state index in [-0.39, 0.29) is 44.5 Å². The van der Waals surface area contributed by atoms with E-state index < -0.39 is 8.80 Å². The van der Waals surface area contributed by atoms with Crippen LogP contribution in [-0.4, -0.2) is 161 Å². The van der Waals surface area contributed by atoms with E-state index in [4.69, 9.17) is 65.8 Å². The predicted molar refractivity (Wildman–Crippen MR) is 230 cm³/mol. The van der Waals surface area contributed by atoms with E-state index in [1.807, 2.05) is 6.92 Å². The molecule has 20 heteroatoms. The molecule has 62 heavy (non-hydrogen) atoms. The van der Waals surface area contributed by atoms with Crippen LogP contribution in [0.15, 0.2) is 40.6 Å². The molecule has 4 rings (SSSR count). The van der Waals surface area contributed by atoms with E-state index in [1.54, 1.807) is 56.6 Å². The number of fused-ring (bicyclic) bond motifs is 2. The van der Waals surface area contributed by atoms with Crippen molar-refractivity contribution in [2.45, 2.75) is 45.1 Å². The highest BCUT2D eigenvalue weighted by atomic mass is 28.4. The number of nitrogens with zero attached hydrogens (tertiary/aromatic N) is 3. The number of carbonyl (C=O) groups is 2. The fourth-order valence-corrected chi connectivity index (χ4v) is 7.84. The Morgan fingerprint density at radius 2 is 1.10 bits per heavy atom. The molecule has 0 radical (unpaired) electrons. The summed E-state index contributed by atoms with van der Waals surface area (Å²) in [6, 6.07) is 9.20. The van der Waals surface area contributed by atoms with Crippen LogP contribution in [0, 0.1) is 0 Å². The maximum absolute atomic E-state index is 14.2. The van der Waals surface area contributed by atoms with Crippen LogP contribution in [0.3, 0.4) is 0 Å². The molecule has 1 N–H and O–H groups in total. The molecular weight excluding hydrogens is 829 g/mol. The molecule has 2 aliphatic rings. The van der Waals surface area contributed by atoms with Crippen LogP contribution in [0.5, 0.6) is 23.0 Å². The third-order valence-electron chi connectivity index (χ3n) is 9.48. The van der Waals surface area contributed by atoms with E-state index in [9.17, 15) is 9.59 Å². The Morgan fingerprint density at radius 3 is 1.61 bits per heavy atom. The molecule has 348 valence electrons. The number of hydrogen-bond donors (Lipinski definition) is 1. The number of azo groups is 1. The Kier molecular flexibility index (Phi) is 24.7. The number of anilines is 1. The lowest BCUT2D eigenvalue weighted by atomic mass is 10.1. The summed E-state index contributed by atoms with van der Waals surface area (Å²) in [5.41, 5.74) is 1.24. The van der Waals surface area contributed by atoms with Gasteiger partial charge in [0.15, 0.2) is 23.0 Å². The molecule has 0 saturated heterocycles. The van der Waals surface area contributed by atoms with Crippen molar-refractivity contribution < 1.29 is 70.2 Å². The summed E-state index contributed by atoms with van der Waals surface area (Å²) in [6.45, 7) is 8.58. The van der Waals surface area contributed by atoms with Gasteiger partial charge in [-0.2, -0.15) is 5.11 Å². The monoisotopic (exact) mass is 894 g/mol. The average molecular weight is 895 g/mol. The minimum atomic E-state index is -2.77. The van der Waals surface area contributed by atoms with E-state index >= 15 is 0 Å². The topological polar surface area (TPSA) is 194 Å². The van der Waals surface area contributed by atoms with Crippen molar-refractivity contribution in [1.29, 1.82) is 0 Å². The molecule has 2 aliphatic heterocycles. The van der Waals surface area contributed by atoms with Crippen LogP contribution in [0.25, 0.3) is 0 Å². The second kappa shape index (κ2) is 30.2. The van der Waals surface area contributed by atoms with E-state index in [0.717, 1.165) is 6.42 Å². The van der Waals surface area contributed by atoms with Crippen molar-refractivity contribution in [3.05, 3.63) is 30.3 Å². The van der Waals surface area contributed by atoms with Crippen LogP contribution in [0.1, 0.15) is 39.0 Å². The van der Waals surface area contributed by atoms with Crippen molar-refractivity contribution in [2.24, 2.45) is 10.2 Å². The summed E-state index contributed by atoms with van der Waals surface area (Å²) in [6.07, 6.45) is 2.01. The minimum absolute atomic E-state index is 0.0204. The van der Waals surface area contributed by atoms with Gasteiger partial charge < -0.3 is 70.9 Å². The molecule has 19 nitrogen and oxygen atoms in total. The lowest BCUT2D eigenvalue weighted by molar-refractivity contribution is -0.125. The molecule has 2 aromatic rings. The van der Waals surface area contributed by atoms with E-state index in [0.29, 0.717) is 158 Å². The molecule has 0 bridgehead atoms. The number of unbranched alkanes of at least 4 members (excludes halogenated alkanes) is 1. The third-order valence-corrected chi connectivity index (χ3v) is 12.3. The molecule has 0 spiro atoms. The Labute approximate surface area is 366 Å². The summed E-state index contributed by atoms with van der Waals surface area (Å²) in [7, 11) is 1.88. The average Bonchev–Trinajstić information content (AvgIpc) is 3.30. The number of amides is 2. The molecule has 0 fully saturated rings. The standard InChI is InChI=1S/C42H66N4O15Si/c1-5-6-13-46(42(48)11-10-41(47)43-12-7-30-62(49-2,50-3)51-4)36-33-40-39(60-28-24-56-20-16-53-17-21-57-25-29-61-40)32-35(36)45-44-34-8-9-37-38(31-34)59-27-23-55-19-15-52-14-18-54-22-26-58-37/h8-9,31-33H,5-7,10-30H2,1-4H3,(H,43,47). The van der Waals surface area contributed by atoms with Crippen LogP contribution in [0.4, 0.5) is 17.1 Å². The first-order valence-electron chi connectivity index (χ1n) is 21.4. The summed E-state index contributed by atoms with van der Waals surface area (Å²) in [5, 5.41) is 12.2. The van der Waals surface area contributed by atoms with Gasteiger partial charge in [-0.3, -0.25) is 9.59 Å². The zero-order valence-corrected chi connectivity index (χ0v) is 37.8. The maximum atomic E-state index is 14.2. The maximum Gasteiger partial charge on any atom is 0.500 e. The Balaban J connectivity index is 1.62. The van der Waals surface area contributed by atoms with Crippen molar-refractivity contribution in [2.75, 3.05) is 145 Å². The van der Waals surface area contributed by atoms with Crippen molar-refractivity contribution in [3.63, 3.8) is 0 Å². The Bertz CT molecular complexity index is 1610. The van der Waals surface area contributed by atoms with Gasteiger partial charge in [-0.25, -0.2) is 0 Å². The van der Waals surface area contributed by atoms with Gasteiger partial charge in [0.1, 0.15) is 32.1 Å². The second-order valence-electron chi connectivity index (χ2n) is 13.8. The highest BCUT2D eigenvalue weighted by molar-refractivity contribution is 6.60. The van der Waals surface area contributed by atoms with Gasteiger partial charge in [0, 0.05) is 71.5 Å². The Morgan fingerprint density at radius 1 is 0.613 bits per heavy atom. The molecule has 0 aromatic heterocycles. The third kappa shape index (κ3) is 18.4. The largest absolute Gasteiger partial charge is 0.500 e. The zero-order valence-electron chi connectivity index (χ0n) is 36.8. The highest BCUT2D eigenvalue weighted by Gasteiger charge is 2.37. The number of benzene rings is 2. The number of rotatable bonds is 16. The van der Waals surface area contributed by atoms with E-state index in [2.05, 4.69) is 10.4 Å². The number of carbonyl (C=O) groups excluding carboxylic acids is 2. The lowest BCUT2D eigenvalue weighted by Gasteiger charge is -2.26. The molecule has 0 aliphatic carbocycles. The molecule has 2 amide bonds. The quantitative estimate of drug-likeness (QED) is 0.134. The van der Waals surface area contributed by atoms with Crippen LogP contribution in [-0.2, 0) is 51.3 Å². The van der Waals surface area contributed by atoms with Crippen molar-refractivity contribution in [1.82, 2.24) is 5.32 Å². The molecule has 2 heterocycles. The molecular formula is C42H66N4O15Si. The SMILES string of the molecule is CCCCN(C(=O)CCC(=O)NCCC[Si](OC)(OC)OC)c1cc2c(cc1N=Nc1ccc3c(c1)OCCOCCOCCOCCO3)OCCOCCOCCOCCO2. The van der Waals surface area contributed by atoms with Gasteiger partial charge in [-0.1, -0.05) is 13.3 Å². The van der Waals surface area contributed by atoms with Crippen molar-refractivity contribution >= 4 is 37.7 Å². The van der Waals surface area contributed by atoms with Crippen molar-refractivity contribution in [3.8, 4) is 23.0 Å². The van der Waals surface area contributed by atoms with Gasteiger partial charge in [0.25, 0.3) is 0 Å². The first-order valence-corrected chi connectivity index (χ1v) is 23.3. The molecule has 0 atom stereocenters. The summed E-state index contributed by atoms with van der Waals surface area (Å²) in [4.78, 5) is 28.8. The van der Waals surface area contributed by atoms with E-state index in [1.165, 1.54) is 0 Å². The molecule has 2 aromatic carbocycles. The molecule has 0 unspecified atom stereocenters. The fraction of sp³-hybridized carbons (Fsp3) is 0.667. The summed E-state index contributed by atoms with van der Waals surface area (Å²) < 4.78 is 74.6. The molecule has 0 saturated carbocycles. The first kappa shape index (κ1) is 50.7. The zero-order chi connectivity index (χ0) is 44.1. The summed E-state index contributed by atoms with van der Waals surface area (Å²) in [5.74, 6) is 1.21. The van der Waals surface area contributed by atoms with Crippen LogP contribution >= 0.6 is 0 Å². The van der Waals surface area contributed by atoms with Gasteiger partial charge in [-0.05, 0) is 25.0 Å². The fourth-order valence-electron chi connectivity index (χ4n) is 6.12. The summed E-state index contributed by atoms with van der Waals surface area (Å²) >= 11 is 0. The minimum Gasteiger partial charge on any atom is -0.487 e. The first-order chi connectivity index (χ1) is 30.4. The van der Waals surface area contributed by atoms with Crippen LogP contribution in [0.2, 0.25) is 6.04 Å². The normalized spacial score (nSPS) is 16.9. The van der Waals surface area contributed by atoms with Gasteiger partial charge in [-0.15, -0.1) is 5.11 Å². The Hall–Kier alpha value is -3.96. The van der Waals surface area contributed by atoms with Crippen LogP contribution < -0.4 is 29.2 Å². The number of hydrogen-bond acceptors (Lipinski definition) is 17.